The van der Waals surface area contributed by atoms with Gasteiger partial charge in [-0.1, -0.05) is 52.5 Å². The molecule has 6 heteroatoms. The molecule has 0 amide bonds. The molecule has 1 saturated heterocycles. The minimum atomic E-state index is 0.421. The quantitative estimate of drug-likeness (QED) is 0.401. The summed E-state index contributed by atoms with van der Waals surface area (Å²) in [6.07, 6.45) is 10.7. The third-order valence-electron chi connectivity index (χ3n) is 4.34. The van der Waals surface area contributed by atoms with Crippen molar-refractivity contribution in [3.05, 3.63) is 48.8 Å². The predicted octanol–water partition coefficient (Wildman–Crippen LogP) is 6.21. The molecule has 0 bridgehead atoms. The van der Waals surface area contributed by atoms with Gasteiger partial charge in [0.15, 0.2) is 11.5 Å². The molecule has 6 nitrogen and oxygen atoms in total. The summed E-state index contributed by atoms with van der Waals surface area (Å²) in [7, 11) is 2.14. The van der Waals surface area contributed by atoms with Crippen molar-refractivity contribution in [3.63, 3.8) is 0 Å². The molecule has 3 rings (SSSR count). The van der Waals surface area contributed by atoms with Crippen LogP contribution in [0.2, 0.25) is 0 Å². The Morgan fingerprint density at radius 1 is 1.20 bits per heavy atom. The van der Waals surface area contributed by atoms with Crippen molar-refractivity contribution in [2.24, 2.45) is 0 Å². The van der Waals surface area contributed by atoms with Crippen LogP contribution in [-0.2, 0) is 0 Å². The fraction of sp³-hybridized carbons (Fsp3) is 0.500. The smallest absolute Gasteiger partial charge is 0.159 e. The Labute approximate surface area is 183 Å². The molecule has 30 heavy (non-hydrogen) atoms. The van der Waals surface area contributed by atoms with Crippen LogP contribution in [0.3, 0.4) is 0 Å². The van der Waals surface area contributed by atoms with Gasteiger partial charge in [-0.3, -0.25) is 5.10 Å². The van der Waals surface area contributed by atoms with E-state index in [2.05, 4.69) is 44.3 Å². The van der Waals surface area contributed by atoms with E-state index in [0.717, 1.165) is 47.7 Å². The minimum absolute atomic E-state index is 0.421. The third kappa shape index (κ3) is 8.41. The lowest BCUT2D eigenvalue weighted by molar-refractivity contribution is 0.414. The molecular formula is C24H42N6. The highest BCUT2D eigenvalue weighted by atomic mass is 15.2. The first-order valence-electron chi connectivity index (χ1n) is 11.0. The summed E-state index contributed by atoms with van der Waals surface area (Å²) in [5.41, 5.74) is 2.71. The van der Waals surface area contributed by atoms with Crippen LogP contribution in [0.1, 0.15) is 54.9 Å². The zero-order chi connectivity index (χ0) is 22.9. The third-order valence-corrected chi connectivity index (χ3v) is 4.34. The summed E-state index contributed by atoms with van der Waals surface area (Å²) in [4.78, 5) is 6.68. The van der Waals surface area contributed by atoms with E-state index in [1.165, 1.54) is 0 Å². The zero-order valence-corrected chi connectivity index (χ0v) is 20.2. The Balaban J connectivity index is 0.000000924. The number of likely N-dealkylation sites (tertiary alicyclic amines) is 1. The summed E-state index contributed by atoms with van der Waals surface area (Å²) in [6.45, 7) is 19.9. The van der Waals surface area contributed by atoms with E-state index in [1.807, 2.05) is 72.8 Å². The second kappa shape index (κ2) is 16.2. The first kappa shape index (κ1) is 27.4. The van der Waals surface area contributed by atoms with Crippen LogP contribution in [0, 0.1) is 0 Å². The molecule has 0 radical (unpaired) electrons. The number of aromatic amines is 1. The van der Waals surface area contributed by atoms with Gasteiger partial charge in [-0.05, 0) is 52.9 Å². The number of anilines is 2. The van der Waals surface area contributed by atoms with Gasteiger partial charge in [-0.25, -0.2) is 4.98 Å². The van der Waals surface area contributed by atoms with Crippen molar-refractivity contribution in [2.45, 2.75) is 60.9 Å². The maximum absolute atomic E-state index is 4.40. The highest BCUT2D eigenvalue weighted by molar-refractivity contribution is 5.98. The van der Waals surface area contributed by atoms with Crippen LogP contribution in [0.25, 0.3) is 11.0 Å². The van der Waals surface area contributed by atoms with Crippen LogP contribution in [-0.4, -0.2) is 46.3 Å². The summed E-state index contributed by atoms with van der Waals surface area (Å²) < 4.78 is 0. The topological polar surface area (TPSA) is 68.9 Å². The number of nitrogens with zero attached hydrogens (tertiary/aromatic N) is 3. The Morgan fingerprint density at radius 2 is 1.87 bits per heavy atom. The molecule has 1 fully saturated rings. The van der Waals surface area contributed by atoms with E-state index in [0.29, 0.717) is 6.04 Å². The van der Waals surface area contributed by atoms with Crippen LogP contribution in [0.15, 0.2) is 48.8 Å². The van der Waals surface area contributed by atoms with Gasteiger partial charge in [0.05, 0.1) is 11.1 Å². The lowest BCUT2D eigenvalue weighted by atomic mass is 10.2. The molecule has 0 aromatic carbocycles. The van der Waals surface area contributed by atoms with Crippen LogP contribution >= 0.6 is 0 Å². The molecular weight excluding hydrogens is 372 g/mol. The van der Waals surface area contributed by atoms with Gasteiger partial charge in [-0.15, -0.1) is 0 Å². The Bertz CT molecular complexity index is 771. The number of aromatic nitrogens is 3. The highest BCUT2D eigenvalue weighted by Gasteiger charge is 2.21. The van der Waals surface area contributed by atoms with Crippen LogP contribution in [0.4, 0.5) is 11.5 Å². The summed E-state index contributed by atoms with van der Waals surface area (Å²) in [5.74, 6) is 0.852. The average Bonchev–Trinajstić information content (AvgIpc) is 3.41. The number of hydrogen-bond donors (Lipinski definition) is 3. The number of H-pyrrole nitrogens is 1. The molecule has 1 aliphatic rings. The summed E-state index contributed by atoms with van der Waals surface area (Å²) in [6, 6.07) is 2.38. The van der Waals surface area contributed by atoms with Gasteiger partial charge in [0, 0.05) is 24.5 Å². The standard InChI is InChI=1S/C16H22N6.C4H8.2C2H6/c1-4-11(5-2)18-13-6-8-17-15-14(13)16(21-20-15)19-12-7-9-22(3)10-12;1-3-4-2;2*1-2/h4-6,8,12H,1,7,9-10H2,2-3H3,(H3,17,18,19,20,21);3-4H,1-2H3;2*1-2H3/b11-5+;4-3-;;. The van der Waals surface area contributed by atoms with Crippen LogP contribution < -0.4 is 10.6 Å². The molecule has 1 atom stereocenters. The van der Waals surface area contributed by atoms with Gasteiger partial charge < -0.3 is 15.5 Å². The molecule has 2 aromatic heterocycles. The fourth-order valence-electron chi connectivity index (χ4n) is 2.80. The van der Waals surface area contributed by atoms with E-state index in [4.69, 9.17) is 0 Å². The van der Waals surface area contributed by atoms with Crippen molar-refractivity contribution in [1.29, 1.82) is 0 Å². The number of nitrogens with one attached hydrogen (secondary N) is 3. The monoisotopic (exact) mass is 414 g/mol. The SMILES string of the molecule is C/C=C\C.C=C/C(=C\C)Nc1ccnc2[nH]nc(NC3CCN(C)C3)c12.CC.CC. The maximum atomic E-state index is 4.40. The first-order valence-corrected chi connectivity index (χ1v) is 11.0. The van der Waals surface area contributed by atoms with Crippen molar-refractivity contribution in [1.82, 2.24) is 20.1 Å². The van der Waals surface area contributed by atoms with Crippen molar-refractivity contribution >= 4 is 22.5 Å². The molecule has 0 saturated carbocycles. The number of likely N-dealkylation sites (N-methyl/N-ethyl adjacent to an activating group) is 1. The molecule has 3 heterocycles. The molecule has 2 aromatic rings. The number of pyridine rings is 1. The Kier molecular flexibility index (Phi) is 14.8. The van der Waals surface area contributed by atoms with Crippen molar-refractivity contribution in [2.75, 3.05) is 30.8 Å². The zero-order valence-electron chi connectivity index (χ0n) is 20.2. The summed E-state index contributed by atoms with van der Waals surface area (Å²) in [5, 5.41) is 15.3. The summed E-state index contributed by atoms with van der Waals surface area (Å²) >= 11 is 0. The Morgan fingerprint density at radius 3 is 2.37 bits per heavy atom. The lowest BCUT2D eigenvalue weighted by Gasteiger charge is -2.14. The second-order valence-electron chi connectivity index (χ2n) is 6.29. The minimum Gasteiger partial charge on any atom is -0.364 e. The van der Waals surface area contributed by atoms with E-state index >= 15 is 0 Å². The maximum Gasteiger partial charge on any atom is 0.159 e. The number of allylic oxidation sites excluding steroid dienone is 4. The molecule has 1 aliphatic heterocycles. The van der Waals surface area contributed by atoms with Crippen molar-refractivity contribution < 1.29 is 0 Å². The molecule has 0 spiro atoms. The molecule has 3 N–H and O–H groups in total. The van der Waals surface area contributed by atoms with Crippen LogP contribution in [0.5, 0.6) is 0 Å². The Hall–Kier alpha value is -2.60. The normalized spacial score (nSPS) is 16.0. The van der Waals surface area contributed by atoms with Crippen molar-refractivity contribution in [3.8, 4) is 0 Å². The average molecular weight is 415 g/mol. The van der Waals surface area contributed by atoms with E-state index < -0.39 is 0 Å². The van der Waals surface area contributed by atoms with Gasteiger partial charge in [0.1, 0.15) is 0 Å². The van der Waals surface area contributed by atoms with E-state index in [-0.39, 0.29) is 0 Å². The predicted molar refractivity (Wildman–Crippen MR) is 134 cm³/mol. The van der Waals surface area contributed by atoms with Gasteiger partial charge >= 0.3 is 0 Å². The van der Waals surface area contributed by atoms with E-state index in [9.17, 15) is 0 Å². The number of hydrogen-bond acceptors (Lipinski definition) is 5. The number of fused-ring (bicyclic) bond motifs is 1. The largest absolute Gasteiger partial charge is 0.364 e. The highest BCUT2D eigenvalue weighted by Crippen LogP contribution is 2.29. The molecule has 0 aliphatic carbocycles. The lowest BCUT2D eigenvalue weighted by Crippen LogP contribution is -2.23. The second-order valence-corrected chi connectivity index (χ2v) is 6.29. The molecule has 1 unspecified atom stereocenters. The van der Waals surface area contributed by atoms with Gasteiger partial charge in [0.25, 0.3) is 0 Å². The fourth-order valence-corrected chi connectivity index (χ4v) is 2.80. The molecule has 168 valence electrons. The van der Waals surface area contributed by atoms with Gasteiger partial charge in [0.2, 0.25) is 0 Å². The van der Waals surface area contributed by atoms with Gasteiger partial charge in [-0.2, -0.15) is 5.10 Å². The first-order chi connectivity index (χ1) is 14.6. The van der Waals surface area contributed by atoms with E-state index in [1.54, 1.807) is 12.3 Å². The number of rotatable bonds is 5.